The van der Waals surface area contributed by atoms with Crippen molar-refractivity contribution in [2.24, 2.45) is 0 Å². The molecule has 0 radical (unpaired) electrons. The van der Waals surface area contributed by atoms with Crippen molar-refractivity contribution in [3.05, 3.63) is 29.8 Å². The van der Waals surface area contributed by atoms with Gasteiger partial charge in [0.25, 0.3) is 5.91 Å². The van der Waals surface area contributed by atoms with Crippen LogP contribution in [0.2, 0.25) is 0 Å². The molecule has 0 aliphatic rings. The molecule has 120 valence electrons. The first-order chi connectivity index (χ1) is 10.4. The van der Waals surface area contributed by atoms with E-state index in [1.165, 1.54) is 0 Å². The van der Waals surface area contributed by atoms with Gasteiger partial charge >= 0.3 is 12.0 Å². The number of rotatable bonds is 7. The Balaban J connectivity index is 2.64. The van der Waals surface area contributed by atoms with E-state index >= 15 is 0 Å². The van der Waals surface area contributed by atoms with Gasteiger partial charge in [-0.15, -0.1) is 0 Å². The maximum absolute atomic E-state index is 12.1. The number of urea groups is 1. The van der Waals surface area contributed by atoms with Crippen molar-refractivity contribution in [2.45, 2.75) is 32.7 Å². The lowest BCUT2D eigenvalue weighted by atomic mass is 10.1. The molecular formula is C15H21N3O4. The fourth-order valence-electron chi connectivity index (χ4n) is 1.75. The molecule has 7 heteroatoms. The molecule has 1 aromatic carbocycles. The zero-order valence-electron chi connectivity index (χ0n) is 12.7. The number of carbonyl (C=O) groups is 3. The number of carbonyl (C=O) groups excluding carboxylic acids is 2. The first-order valence-corrected chi connectivity index (χ1v) is 7.06. The Bertz CT molecular complexity index is 543. The number of benzene rings is 1. The fourth-order valence-corrected chi connectivity index (χ4v) is 1.75. The van der Waals surface area contributed by atoms with E-state index in [0.29, 0.717) is 17.7 Å². The summed E-state index contributed by atoms with van der Waals surface area (Å²) in [5.41, 5.74) is 0.730. The number of amides is 3. The molecule has 1 aromatic rings. The van der Waals surface area contributed by atoms with Crippen molar-refractivity contribution >= 4 is 23.6 Å². The molecule has 0 saturated carbocycles. The Morgan fingerprint density at radius 1 is 1.18 bits per heavy atom. The number of hydrogen-bond donors (Lipinski definition) is 4. The van der Waals surface area contributed by atoms with Crippen molar-refractivity contribution in [1.82, 2.24) is 10.6 Å². The predicted octanol–water partition coefficient (Wildman–Crippen LogP) is 1.81. The second-order valence-corrected chi connectivity index (χ2v) is 5.05. The topological polar surface area (TPSA) is 108 Å². The van der Waals surface area contributed by atoms with Crippen LogP contribution in [0.1, 0.15) is 37.0 Å². The van der Waals surface area contributed by atoms with Gasteiger partial charge in [0.15, 0.2) is 0 Å². The third kappa shape index (κ3) is 6.25. The van der Waals surface area contributed by atoms with Gasteiger partial charge in [-0.3, -0.25) is 9.59 Å². The first-order valence-electron chi connectivity index (χ1n) is 7.06. The number of hydrogen-bond acceptors (Lipinski definition) is 3. The van der Waals surface area contributed by atoms with Crippen LogP contribution in [0, 0.1) is 0 Å². The smallest absolute Gasteiger partial charge is 0.319 e. The molecule has 0 atom stereocenters. The SMILES string of the molecule is CC(C)NC(=O)Nc1ccccc1C(=O)NCCCC(=O)O. The summed E-state index contributed by atoms with van der Waals surface area (Å²) in [6, 6.07) is 6.23. The summed E-state index contributed by atoms with van der Waals surface area (Å²) in [5, 5.41) is 16.5. The molecule has 0 aliphatic carbocycles. The Labute approximate surface area is 129 Å². The maximum atomic E-state index is 12.1. The van der Waals surface area contributed by atoms with Crippen LogP contribution in [0.3, 0.4) is 0 Å². The summed E-state index contributed by atoms with van der Waals surface area (Å²) < 4.78 is 0. The number of aliphatic carboxylic acids is 1. The summed E-state index contributed by atoms with van der Waals surface area (Å²) >= 11 is 0. The molecule has 3 amide bonds. The van der Waals surface area contributed by atoms with Gasteiger partial charge in [0.2, 0.25) is 0 Å². The average molecular weight is 307 g/mol. The Hall–Kier alpha value is -2.57. The van der Waals surface area contributed by atoms with Crippen LogP contribution < -0.4 is 16.0 Å². The molecule has 0 saturated heterocycles. The molecule has 0 aliphatic heterocycles. The zero-order chi connectivity index (χ0) is 16.5. The Kier molecular flexibility index (Phi) is 6.88. The van der Waals surface area contributed by atoms with Crippen LogP contribution in [0.25, 0.3) is 0 Å². The summed E-state index contributed by atoms with van der Waals surface area (Å²) in [6.07, 6.45) is 0.349. The zero-order valence-corrected chi connectivity index (χ0v) is 12.7. The fraction of sp³-hybridized carbons (Fsp3) is 0.400. The first kappa shape index (κ1) is 17.5. The van der Waals surface area contributed by atoms with E-state index < -0.39 is 5.97 Å². The highest BCUT2D eigenvalue weighted by Gasteiger charge is 2.13. The minimum atomic E-state index is -0.901. The van der Waals surface area contributed by atoms with Gasteiger partial charge in [-0.25, -0.2) is 4.79 Å². The predicted molar refractivity (Wildman–Crippen MR) is 82.9 cm³/mol. The standard InChI is InChI=1S/C15H21N3O4/c1-10(2)17-15(22)18-12-7-4-3-6-11(12)14(21)16-9-5-8-13(19)20/h3-4,6-7,10H,5,8-9H2,1-2H3,(H,16,21)(H,19,20)(H2,17,18,22). The van der Waals surface area contributed by atoms with E-state index in [9.17, 15) is 14.4 Å². The van der Waals surface area contributed by atoms with Crippen LogP contribution in [0.15, 0.2) is 24.3 Å². The molecule has 0 spiro atoms. The quantitative estimate of drug-likeness (QED) is 0.576. The lowest BCUT2D eigenvalue weighted by Gasteiger charge is -2.13. The average Bonchev–Trinajstić information content (AvgIpc) is 2.42. The highest BCUT2D eigenvalue weighted by atomic mass is 16.4. The number of nitrogens with one attached hydrogen (secondary N) is 3. The molecule has 4 N–H and O–H groups in total. The summed E-state index contributed by atoms with van der Waals surface area (Å²) in [4.78, 5) is 34.2. The van der Waals surface area contributed by atoms with Crippen LogP contribution in [0.4, 0.5) is 10.5 Å². The lowest BCUT2D eigenvalue weighted by molar-refractivity contribution is -0.137. The van der Waals surface area contributed by atoms with Gasteiger partial charge in [0.1, 0.15) is 0 Å². The van der Waals surface area contributed by atoms with Crippen LogP contribution in [0.5, 0.6) is 0 Å². The second kappa shape index (κ2) is 8.66. The van der Waals surface area contributed by atoms with E-state index in [2.05, 4.69) is 16.0 Å². The molecule has 0 fully saturated rings. The van der Waals surface area contributed by atoms with Crippen LogP contribution >= 0.6 is 0 Å². The van der Waals surface area contributed by atoms with E-state index in [-0.39, 0.29) is 30.9 Å². The number of para-hydroxylation sites is 1. The van der Waals surface area contributed by atoms with Crippen LogP contribution in [-0.2, 0) is 4.79 Å². The third-order valence-electron chi connectivity index (χ3n) is 2.69. The summed E-state index contributed by atoms with van der Waals surface area (Å²) in [7, 11) is 0. The van der Waals surface area contributed by atoms with Crippen molar-refractivity contribution in [3.8, 4) is 0 Å². The van der Waals surface area contributed by atoms with Gasteiger partial charge in [-0.05, 0) is 32.4 Å². The minimum absolute atomic E-state index is 0.00300. The minimum Gasteiger partial charge on any atom is -0.481 e. The van der Waals surface area contributed by atoms with Gasteiger partial charge in [-0.2, -0.15) is 0 Å². The summed E-state index contributed by atoms with van der Waals surface area (Å²) in [6.45, 7) is 3.93. The highest BCUT2D eigenvalue weighted by Crippen LogP contribution is 2.14. The van der Waals surface area contributed by atoms with E-state index in [0.717, 1.165) is 0 Å². The Morgan fingerprint density at radius 3 is 2.50 bits per heavy atom. The molecule has 0 bridgehead atoms. The monoisotopic (exact) mass is 307 g/mol. The Morgan fingerprint density at radius 2 is 1.86 bits per heavy atom. The maximum Gasteiger partial charge on any atom is 0.319 e. The lowest BCUT2D eigenvalue weighted by Crippen LogP contribution is -2.35. The number of carboxylic acids is 1. The van der Waals surface area contributed by atoms with Gasteiger partial charge in [0, 0.05) is 19.0 Å². The van der Waals surface area contributed by atoms with E-state index in [1.54, 1.807) is 24.3 Å². The summed E-state index contributed by atoms with van der Waals surface area (Å²) in [5.74, 6) is -1.26. The molecule has 0 heterocycles. The third-order valence-corrected chi connectivity index (χ3v) is 2.69. The molecule has 22 heavy (non-hydrogen) atoms. The molecule has 7 nitrogen and oxygen atoms in total. The van der Waals surface area contributed by atoms with Gasteiger partial charge < -0.3 is 21.1 Å². The molecule has 0 aromatic heterocycles. The van der Waals surface area contributed by atoms with Crippen molar-refractivity contribution < 1.29 is 19.5 Å². The number of carboxylic acid groups (broad SMARTS) is 1. The highest BCUT2D eigenvalue weighted by molar-refractivity contribution is 6.03. The normalized spacial score (nSPS) is 10.1. The largest absolute Gasteiger partial charge is 0.481 e. The van der Waals surface area contributed by atoms with Gasteiger partial charge in [-0.1, -0.05) is 12.1 Å². The molecule has 0 unspecified atom stereocenters. The molecular weight excluding hydrogens is 286 g/mol. The van der Waals surface area contributed by atoms with E-state index in [1.807, 2.05) is 13.8 Å². The number of anilines is 1. The van der Waals surface area contributed by atoms with Gasteiger partial charge in [0.05, 0.1) is 11.3 Å². The second-order valence-electron chi connectivity index (χ2n) is 5.05. The molecule has 1 rings (SSSR count). The van der Waals surface area contributed by atoms with Crippen molar-refractivity contribution in [1.29, 1.82) is 0 Å². The van der Waals surface area contributed by atoms with Crippen LogP contribution in [-0.4, -0.2) is 35.6 Å². The van der Waals surface area contributed by atoms with E-state index in [4.69, 9.17) is 5.11 Å². The van der Waals surface area contributed by atoms with Crippen molar-refractivity contribution in [3.63, 3.8) is 0 Å². The van der Waals surface area contributed by atoms with Crippen molar-refractivity contribution in [2.75, 3.05) is 11.9 Å².